The normalized spacial score (nSPS) is 13.0. The van der Waals surface area contributed by atoms with Crippen molar-refractivity contribution in [2.24, 2.45) is 0 Å². The van der Waals surface area contributed by atoms with Crippen LogP contribution < -0.4 is 5.32 Å². The van der Waals surface area contributed by atoms with Gasteiger partial charge in [0.25, 0.3) is 5.91 Å². The molecule has 0 fully saturated rings. The number of alkyl halides is 3. The lowest BCUT2D eigenvalue weighted by atomic mass is 10.1. The van der Waals surface area contributed by atoms with Gasteiger partial charge in [-0.1, -0.05) is 0 Å². The zero-order valence-corrected chi connectivity index (χ0v) is 13.7. The molecule has 0 aliphatic carbocycles. The molecular formula is C18H15F3N2O3. The van der Waals surface area contributed by atoms with E-state index < -0.39 is 17.8 Å². The van der Waals surface area contributed by atoms with E-state index >= 15 is 0 Å². The van der Waals surface area contributed by atoms with E-state index in [1.54, 1.807) is 19.1 Å². The maximum atomic E-state index is 12.6. The van der Waals surface area contributed by atoms with Gasteiger partial charge in [-0.15, -0.1) is 0 Å². The fourth-order valence-corrected chi connectivity index (χ4v) is 2.34. The van der Waals surface area contributed by atoms with Crippen LogP contribution in [0.1, 0.15) is 22.8 Å². The predicted octanol–water partition coefficient (Wildman–Crippen LogP) is 3.62. The smallest absolute Gasteiger partial charge is 0.416 e. The molecule has 0 aliphatic rings. The van der Waals surface area contributed by atoms with Crippen LogP contribution in [0.15, 0.2) is 46.9 Å². The maximum Gasteiger partial charge on any atom is 0.416 e. The molecule has 1 aromatic heterocycles. The predicted molar refractivity (Wildman–Crippen MR) is 88.5 cm³/mol. The number of nitrogens with one attached hydrogen (secondary N) is 1. The van der Waals surface area contributed by atoms with E-state index in [9.17, 15) is 23.1 Å². The van der Waals surface area contributed by atoms with Crippen molar-refractivity contribution in [1.29, 1.82) is 0 Å². The Hall–Kier alpha value is -2.87. The van der Waals surface area contributed by atoms with Gasteiger partial charge in [0.1, 0.15) is 5.52 Å². The number of aliphatic hydroxyl groups excluding tert-OH is 1. The van der Waals surface area contributed by atoms with Gasteiger partial charge in [-0.05, 0) is 49.4 Å². The summed E-state index contributed by atoms with van der Waals surface area (Å²) in [5.74, 6) is -0.206. The first-order valence-corrected chi connectivity index (χ1v) is 7.78. The van der Waals surface area contributed by atoms with Gasteiger partial charge in [-0.3, -0.25) is 4.79 Å². The van der Waals surface area contributed by atoms with Crippen molar-refractivity contribution in [3.8, 4) is 11.5 Å². The van der Waals surface area contributed by atoms with Crippen LogP contribution in [0.25, 0.3) is 22.6 Å². The molecule has 2 aromatic carbocycles. The number of hydrogen-bond donors (Lipinski definition) is 2. The summed E-state index contributed by atoms with van der Waals surface area (Å²) < 4.78 is 43.4. The number of fused-ring (bicyclic) bond motifs is 1. The van der Waals surface area contributed by atoms with E-state index in [1.807, 2.05) is 0 Å². The minimum atomic E-state index is -4.41. The molecule has 1 amide bonds. The third-order valence-corrected chi connectivity index (χ3v) is 3.67. The quantitative estimate of drug-likeness (QED) is 0.741. The van der Waals surface area contributed by atoms with E-state index in [-0.39, 0.29) is 18.3 Å². The van der Waals surface area contributed by atoms with Crippen molar-refractivity contribution in [1.82, 2.24) is 10.3 Å². The van der Waals surface area contributed by atoms with Crippen LogP contribution in [0, 0.1) is 0 Å². The summed E-state index contributed by atoms with van der Waals surface area (Å²) in [7, 11) is 0. The van der Waals surface area contributed by atoms with Crippen LogP contribution >= 0.6 is 0 Å². The zero-order chi connectivity index (χ0) is 18.9. The number of hydrogen-bond acceptors (Lipinski definition) is 4. The first-order valence-electron chi connectivity index (χ1n) is 7.78. The van der Waals surface area contributed by atoms with Gasteiger partial charge in [0, 0.05) is 17.7 Å². The number of aliphatic hydroxyl groups is 1. The van der Waals surface area contributed by atoms with Crippen LogP contribution in [-0.2, 0) is 6.18 Å². The van der Waals surface area contributed by atoms with Crippen LogP contribution in [0.2, 0.25) is 0 Å². The Morgan fingerprint density at radius 1 is 1.23 bits per heavy atom. The molecule has 26 heavy (non-hydrogen) atoms. The Morgan fingerprint density at radius 2 is 1.92 bits per heavy atom. The lowest BCUT2D eigenvalue weighted by Gasteiger charge is -2.06. The summed E-state index contributed by atoms with van der Waals surface area (Å²) in [5.41, 5.74) is 0.797. The number of carbonyl (C=O) groups is 1. The number of amides is 1. The Kier molecular flexibility index (Phi) is 4.69. The fraction of sp³-hybridized carbons (Fsp3) is 0.222. The second kappa shape index (κ2) is 6.80. The van der Waals surface area contributed by atoms with Gasteiger partial charge in [-0.25, -0.2) is 4.98 Å². The lowest BCUT2D eigenvalue weighted by Crippen LogP contribution is -2.30. The van der Waals surface area contributed by atoms with Gasteiger partial charge >= 0.3 is 6.18 Å². The summed E-state index contributed by atoms with van der Waals surface area (Å²) in [6.45, 7) is 1.67. The van der Waals surface area contributed by atoms with Gasteiger partial charge in [0.15, 0.2) is 5.58 Å². The standard InChI is InChI=1S/C18H15F3N2O3/c1-10(24)9-22-16(25)12-4-7-15-14(8-12)23-17(26-15)11-2-5-13(6-3-11)18(19,20)21/h2-8,10,24H,9H2,1H3,(H,22,25). The molecule has 0 saturated heterocycles. The molecule has 1 unspecified atom stereocenters. The topological polar surface area (TPSA) is 75.4 Å². The molecule has 8 heteroatoms. The first kappa shape index (κ1) is 17.9. The van der Waals surface area contributed by atoms with Crippen LogP contribution in [0.4, 0.5) is 13.2 Å². The second-order valence-electron chi connectivity index (χ2n) is 5.84. The molecule has 1 heterocycles. The monoisotopic (exact) mass is 364 g/mol. The molecule has 2 N–H and O–H groups in total. The highest BCUT2D eigenvalue weighted by Gasteiger charge is 2.30. The molecule has 0 radical (unpaired) electrons. The van der Waals surface area contributed by atoms with E-state index in [0.717, 1.165) is 12.1 Å². The second-order valence-corrected chi connectivity index (χ2v) is 5.84. The third-order valence-electron chi connectivity index (χ3n) is 3.67. The molecule has 3 rings (SSSR count). The third kappa shape index (κ3) is 3.85. The van der Waals surface area contributed by atoms with Crippen LogP contribution in [0.5, 0.6) is 0 Å². The molecule has 0 saturated carbocycles. The van der Waals surface area contributed by atoms with Crippen LogP contribution in [0.3, 0.4) is 0 Å². The van der Waals surface area contributed by atoms with Gasteiger partial charge in [-0.2, -0.15) is 13.2 Å². The minimum absolute atomic E-state index is 0.118. The highest BCUT2D eigenvalue weighted by atomic mass is 19.4. The largest absolute Gasteiger partial charge is 0.436 e. The summed E-state index contributed by atoms with van der Waals surface area (Å²) in [4.78, 5) is 16.2. The SMILES string of the molecule is CC(O)CNC(=O)c1ccc2oc(-c3ccc(C(F)(F)F)cc3)nc2c1. The first-order chi connectivity index (χ1) is 12.2. The number of rotatable bonds is 4. The summed E-state index contributed by atoms with van der Waals surface area (Å²) in [6, 6.07) is 9.10. The summed E-state index contributed by atoms with van der Waals surface area (Å²) in [5, 5.41) is 11.8. The van der Waals surface area contributed by atoms with E-state index in [0.29, 0.717) is 22.2 Å². The number of benzene rings is 2. The number of oxazole rings is 1. The van der Waals surface area contributed by atoms with Crippen molar-refractivity contribution in [3.05, 3.63) is 53.6 Å². The molecule has 136 valence electrons. The highest BCUT2D eigenvalue weighted by Crippen LogP contribution is 2.31. The summed E-state index contributed by atoms with van der Waals surface area (Å²) >= 11 is 0. The Labute approximate surface area is 146 Å². The van der Waals surface area contributed by atoms with Gasteiger partial charge < -0.3 is 14.8 Å². The Balaban J connectivity index is 1.86. The molecular weight excluding hydrogens is 349 g/mol. The van der Waals surface area contributed by atoms with Crippen molar-refractivity contribution in [2.75, 3.05) is 6.54 Å². The molecule has 3 aromatic rings. The number of carbonyl (C=O) groups excluding carboxylic acids is 1. The molecule has 0 aliphatic heterocycles. The highest BCUT2D eigenvalue weighted by molar-refractivity contribution is 5.97. The number of aromatic nitrogens is 1. The van der Waals surface area contributed by atoms with E-state index in [1.165, 1.54) is 18.2 Å². The Morgan fingerprint density at radius 3 is 2.54 bits per heavy atom. The zero-order valence-electron chi connectivity index (χ0n) is 13.7. The van der Waals surface area contributed by atoms with Crippen molar-refractivity contribution in [2.45, 2.75) is 19.2 Å². The lowest BCUT2D eigenvalue weighted by molar-refractivity contribution is -0.137. The average Bonchev–Trinajstić information content (AvgIpc) is 3.02. The Bertz CT molecular complexity index is 931. The van der Waals surface area contributed by atoms with Crippen molar-refractivity contribution < 1.29 is 27.5 Å². The molecule has 1 atom stereocenters. The van der Waals surface area contributed by atoms with Crippen LogP contribution in [-0.4, -0.2) is 28.6 Å². The van der Waals surface area contributed by atoms with E-state index in [4.69, 9.17) is 4.42 Å². The van der Waals surface area contributed by atoms with E-state index in [2.05, 4.69) is 10.3 Å². The van der Waals surface area contributed by atoms with Gasteiger partial charge in [0.05, 0.1) is 11.7 Å². The minimum Gasteiger partial charge on any atom is -0.436 e. The van der Waals surface area contributed by atoms with Gasteiger partial charge in [0.2, 0.25) is 5.89 Å². The van der Waals surface area contributed by atoms with Crippen molar-refractivity contribution >= 4 is 17.0 Å². The van der Waals surface area contributed by atoms with Crippen molar-refractivity contribution in [3.63, 3.8) is 0 Å². The number of halogens is 3. The molecule has 0 bridgehead atoms. The molecule has 0 spiro atoms. The fourth-order valence-electron chi connectivity index (χ4n) is 2.34. The number of nitrogens with zero attached hydrogens (tertiary/aromatic N) is 1. The average molecular weight is 364 g/mol. The summed E-state index contributed by atoms with van der Waals surface area (Å²) in [6.07, 6.45) is -5.07. The molecule has 5 nitrogen and oxygen atoms in total. The maximum absolute atomic E-state index is 12.6.